The number of carbonyl (C=O) groups excluding carboxylic acids is 2. The van der Waals surface area contributed by atoms with E-state index in [-0.39, 0.29) is 24.2 Å². The zero-order valence-corrected chi connectivity index (χ0v) is 21.5. The number of fused-ring (bicyclic) bond motifs is 1. The van der Waals surface area contributed by atoms with Crippen LogP contribution >= 0.6 is 11.6 Å². The molecule has 2 heterocycles. The first-order valence-electron chi connectivity index (χ1n) is 12.2. The van der Waals surface area contributed by atoms with E-state index in [2.05, 4.69) is 15.6 Å². The number of hydrogen-bond acceptors (Lipinski definition) is 4. The number of rotatable bonds is 9. The van der Waals surface area contributed by atoms with Crippen molar-refractivity contribution in [3.8, 4) is 5.75 Å². The van der Waals surface area contributed by atoms with Crippen molar-refractivity contribution >= 4 is 40.0 Å². The van der Waals surface area contributed by atoms with Gasteiger partial charge >= 0.3 is 0 Å². The van der Waals surface area contributed by atoms with E-state index >= 15 is 0 Å². The average Bonchev–Trinajstić information content (AvgIpc) is 3.29. The first-order valence-corrected chi connectivity index (χ1v) is 12.6. The lowest BCUT2D eigenvalue weighted by Crippen LogP contribution is -2.25. The Morgan fingerprint density at radius 1 is 0.923 bits per heavy atom. The second-order valence-corrected chi connectivity index (χ2v) is 9.28. The third kappa shape index (κ3) is 6.61. The highest BCUT2D eigenvalue weighted by molar-refractivity contribution is 6.30. The number of hydrogen-bond donors (Lipinski definition) is 2. The van der Waals surface area contributed by atoms with Gasteiger partial charge in [-0.15, -0.1) is 0 Å². The Labute approximate surface area is 229 Å². The van der Waals surface area contributed by atoms with Crippen molar-refractivity contribution in [1.82, 2.24) is 14.9 Å². The predicted octanol–water partition coefficient (Wildman–Crippen LogP) is 5.82. The van der Waals surface area contributed by atoms with E-state index in [1.54, 1.807) is 60.9 Å². The van der Waals surface area contributed by atoms with Crippen LogP contribution in [0.3, 0.4) is 0 Å². The van der Waals surface area contributed by atoms with Crippen LogP contribution < -0.4 is 15.4 Å². The standard InChI is InChI=1S/C30H24ClFN4O3/c31-23-4-7-26(8-5-23)39-19-29(37)35-25-6-9-27-22(15-25)16-28(30(38)34-17-20-10-12-33-13-11-20)36(27)18-21-2-1-3-24(32)14-21/h1-16H,17-19H2,(H,34,38)(H,35,37). The fourth-order valence-electron chi connectivity index (χ4n) is 4.18. The van der Waals surface area contributed by atoms with Crippen molar-refractivity contribution in [1.29, 1.82) is 0 Å². The summed E-state index contributed by atoms with van der Waals surface area (Å²) in [5.74, 6) is -0.430. The molecule has 2 aromatic heterocycles. The number of benzene rings is 3. The molecule has 0 atom stereocenters. The van der Waals surface area contributed by atoms with E-state index in [1.165, 1.54) is 12.1 Å². The van der Waals surface area contributed by atoms with Crippen molar-refractivity contribution in [3.63, 3.8) is 0 Å². The van der Waals surface area contributed by atoms with Gasteiger partial charge in [0, 0.05) is 47.1 Å². The maximum absolute atomic E-state index is 13.9. The molecule has 3 aromatic carbocycles. The van der Waals surface area contributed by atoms with E-state index in [4.69, 9.17) is 16.3 Å². The number of amides is 2. The van der Waals surface area contributed by atoms with Gasteiger partial charge in [-0.2, -0.15) is 0 Å². The highest BCUT2D eigenvalue weighted by atomic mass is 35.5. The maximum Gasteiger partial charge on any atom is 0.268 e. The van der Waals surface area contributed by atoms with Gasteiger partial charge in [0.1, 0.15) is 17.3 Å². The molecule has 196 valence electrons. The Bertz CT molecular complexity index is 1620. The number of pyridine rings is 1. The molecule has 0 spiro atoms. The minimum Gasteiger partial charge on any atom is -0.484 e. The topological polar surface area (TPSA) is 85.2 Å². The molecule has 0 aliphatic carbocycles. The van der Waals surface area contributed by atoms with Crippen molar-refractivity contribution in [2.24, 2.45) is 0 Å². The highest BCUT2D eigenvalue weighted by Gasteiger charge is 2.17. The van der Waals surface area contributed by atoms with E-state index in [0.29, 0.717) is 40.8 Å². The highest BCUT2D eigenvalue weighted by Crippen LogP contribution is 2.25. The number of ether oxygens (including phenoxy) is 1. The van der Waals surface area contributed by atoms with E-state index in [1.807, 2.05) is 28.8 Å². The van der Waals surface area contributed by atoms with Crippen LogP contribution in [0.2, 0.25) is 5.02 Å². The monoisotopic (exact) mass is 542 g/mol. The summed E-state index contributed by atoms with van der Waals surface area (Å²) in [4.78, 5) is 29.7. The first kappa shape index (κ1) is 25.9. The van der Waals surface area contributed by atoms with Crippen LogP contribution in [-0.4, -0.2) is 28.0 Å². The van der Waals surface area contributed by atoms with Gasteiger partial charge in [0.2, 0.25) is 0 Å². The Morgan fingerprint density at radius 2 is 1.72 bits per heavy atom. The molecule has 0 radical (unpaired) electrons. The molecule has 0 aliphatic rings. The van der Waals surface area contributed by atoms with Crippen LogP contribution in [0.5, 0.6) is 5.75 Å². The molecule has 9 heteroatoms. The Kier molecular flexibility index (Phi) is 7.84. The average molecular weight is 543 g/mol. The molecule has 0 saturated carbocycles. The molecule has 2 N–H and O–H groups in total. The summed E-state index contributed by atoms with van der Waals surface area (Å²) in [5.41, 5.74) is 3.37. The summed E-state index contributed by atoms with van der Waals surface area (Å²) < 4.78 is 21.2. The number of anilines is 1. The summed E-state index contributed by atoms with van der Waals surface area (Å²) in [6.45, 7) is 0.445. The fraction of sp³-hybridized carbons (Fsp3) is 0.100. The van der Waals surface area contributed by atoms with Crippen LogP contribution in [0.25, 0.3) is 10.9 Å². The van der Waals surface area contributed by atoms with E-state index in [9.17, 15) is 14.0 Å². The summed E-state index contributed by atoms with van der Waals surface area (Å²) >= 11 is 5.88. The lowest BCUT2D eigenvalue weighted by molar-refractivity contribution is -0.118. The Morgan fingerprint density at radius 3 is 2.49 bits per heavy atom. The van der Waals surface area contributed by atoms with Crippen LogP contribution in [0.4, 0.5) is 10.1 Å². The molecular weight excluding hydrogens is 519 g/mol. The molecule has 7 nitrogen and oxygen atoms in total. The molecule has 0 saturated heterocycles. The van der Waals surface area contributed by atoms with Crippen molar-refractivity contribution in [2.45, 2.75) is 13.1 Å². The van der Waals surface area contributed by atoms with Gasteiger partial charge in [-0.1, -0.05) is 23.7 Å². The predicted molar refractivity (Wildman–Crippen MR) is 148 cm³/mol. The van der Waals surface area contributed by atoms with Gasteiger partial charge in [-0.3, -0.25) is 14.6 Å². The van der Waals surface area contributed by atoms with Crippen LogP contribution in [0, 0.1) is 5.82 Å². The zero-order chi connectivity index (χ0) is 27.2. The van der Waals surface area contributed by atoms with Crippen molar-refractivity contribution in [3.05, 3.63) is 125 Å². The minimum absolute atomic E-state index is 0.178. The molecule has 5 aromatic rings. The van der Waals surface area contributed by atoms with Gasteiger partial charge in [0.05, 0.1) is 0 Å². The first-order chi connectivity index (χ1) is 18.9. The molecule has 2 amide bonds. The normalized spacial score (nSPS) is 10.8. The summed E-state index contributed by atoms with van der Waals surface area (Å²) in [6.07, 6.45) is 3.33. The second kappa shape index (κ2) is 11.8. The molecule has 39 heavy (non-hydrogen) atoms. The van der Waals surface area contributed by atoms with Gasteiger partial charge in [0.25, 0.3) is 11.8 Å². The van der Waals surface area contributed by atoms with Crippen LogP contribution in [0.1, 0.15) is 21.6 Å². The van der Waals surface area contributed by atoms with Crippen molar-refractivity contribution in [2.75, 3.05) is 11.9 Å². The quantitative estimate of drug-likeness (QED) is 0.246. The minimum atomic E-state index is -0.349. The van der Waals surface area contributed by atoms with E-state index in [0.717, 1.165) is 16.5 Å². The third-order valence-corrected chi connectivity index (χ3v) is 6.29. The molecule has 5 rings (SSSR count). The number of aromatic nitrogens is 2. The molecule has 0 fully saturated rings. The fourth-order valence-corrected chi connectivity index (χ4v) is 4.30. The molecular formula is C30H24ClFN4O3. The Hall–Kier alpha value is -4.69. The van der Waals surface area contributed by atoms with Crippen LogP contribution in [0.15, 0.2) is 97.3 Å². The summed E-state index contributed by atoms with van der Waals surface area (Å²) in [6, 6.07) is 23.8. The number of carbonyl (C=O) groups is 2. The van der Waals surface area contributed by atoms with Gasteiger partial charge in [-0.05, 0) is 83.9 Å². The van der Waals surface area contributed by atoms with Crippen LogP contribution in [-0.2, 0) is 17.9 Å². The summed E-state index contributed by atoms with van der Waals surface area (Å²) in [5, 5.41) is 7.09. The third-order valence-electron chi connectivity index (χ3n) is 6.03. The number of nitrogens with zero attached hydrogens (tertiary/aromatic N) is 2. The molecule has 0 aliphatic heterocycles. The lowest BCUT2D eigenvalue weighted by Gasteiger charge is -2.12. The van der Waals surface area contributed by atoms with Crippen molar-refractivity contribution < 1.29 is 18.7 Å². The SMILES string of the molecule is O=C(COc1ccc(Cl)cc1)Nc1ccc2c(c1)cc(C(=O)NCc1ccncc1)n2Cc1cccc(F)c1. The largest absolute Gasteiger partial charge is 0.484 e. The zero-order valence-electron chi connectivity index (χ0n) is 20.7. The van der Waals surface area contributed by atoms with E-state index < -0.39 is 0 Å². The smallest absolute Gasteiger partial charge is 0.268 e. The number of halogens is 2. The maximum atomic E-state index is 13.9. The van der Waals surface area contributed by atoms with Gasteiger partial charge < -0.3 is 19.9 Å². The second-order valence-electron chi connectivity index (χ2n) is 8.85. The van der Waals surface area contributed by atoms with Gasteiger partial charge in [0.15, 0.2) is 6.61 Å². The van der Waals surface area contributed by atoms with Gasteiger partial charge in [-0.25, -0.2) is 4.39 Å². The lowest BCUT2D eigenvalue weighted by atomic mass is 10.2. The molecule has 0 bridgehead atoms. The number of nitrogens with one attached hydrogen (secondary N) is 2. The Balaban J connectivity index is 1.37. The molecule has 0 unspecified atom stereocenters. The summed E-state index contributed by atoms with van der Waals surface area (Å²) in [7, 11) is 0.